The molecule has 7 nitrogen and oxygen atoms in total. The van der Waals surface area contributed by atoms with Gasteiger partial charge in [-0.2, -0.15) is 4.31 Å². The highest BCUT2D eigenvalue weighted by Crippen LogP contribution is 2.28. The first-order valence-corrected chi connectivity index (χ1v) is 11.2. The SMILES string of the molecule is CCOc1cc(CNC(=O)CN(Cc2ccccc2Cl)S(C)(=O)=O)ccc1OC. The van der Waals surface area contributed by atoms with Crippen LogP contribution in [0.15, 0.2) is 42.5 Å². The van der Waals surface area contributed by atoms with Crippen molar-refractivity contribution in [3.63, 3.8) is 0 Å². The Labute approximate surface area is 176 Å². The fourth-order valence-corrected chi connectivity index (χ4v) is 3.54. The molecule has 2 aromatic carbocycles. The van der Waals surface area contributed by atoms with Gasteiger partial charge in [0.2, 0.25) is 15.9 Å². The minimum Gasteiger partial charge on any atom is -0.493 e. The Morgan fingerprint density at radius 3 is 2.52 bits per heavy atom. The molecular weight excluding hydrogens is 416 g/mol. The van der Waals surface area contributed by atoms with Crippen molar-refractivity contribution in [3.05, 3.63) is 58.6 Å². The molecule has 9 heteroatoms. The van der Waals surface area contributed by atoms with Crippen LogP contribution in [0.25, 0.3) is 0 Å². The van der Waals surface area contributed by atoms with E-state index in [1.165, 1.54) is 0 Å². The monoisotopic (exact) mass is 440 g/mol. The average molecular weight is 441 g/mol. The third-order valence-electron chi connectivity index (χ3n) is 4.11. The quantitative estimate of drug-likeness (QED) is 0.614. The Bertz CT molecular complexity index is 950. The van der Waals surface area contributed by atoms with Crippen LogP contribution in [0.5, 0.6) is 11.5 Å². The molecule has 29 heavy (non-hydrogen) atoms. The molecule has 0 aliphatic rings. The predicted octanol–water partition coefficient (Wildman–Crippen LogP) is 2.83. The van der Waals surface area contributed by atoms with Crippen LogP contribution >= 0.6 is 11.6 Å². The van der Waals surface area contributed by atoms with E-state index in [4.69, 9.17) is 21.1 Å². The first kappa shape index (κ1) is 23.0. The average Bonchev–Trinajstić information content (AvgIpc) is 2.67. The Balaban J connectivity index is 2.03. The molecule has 0 radical (unpaired) electrons. The molecule has 1 amide bonds. The zero-order valence-electron chi connectivity index (χ0n) is 16.6. The molecule has 158 valence electrons. The van der Waals surface area contributed by atoms with Gasteiger partial charge < -0.3 is 14.8 Å². The summed E-state index contributed by atoms with van der Waals surface area (Å²) in [6.07, 6.45) is 1.06. The third kappa shape index (κ3) is 6.92. The Hall–Kier alpha value is -2.29. The molecule has 0 atom stereocenters. The summed E-state index contributed by atoms with van der Waals surface area (Å²) in [5.41, 5.74) is 1.43. The van der Waals surface area contributed by atoms with E-state index in [0.29, 0.717) is 28.7 Å². The highest BCUT2D eigenvalue weighted by atomic mass is 35.5. The maximum Gasteiger partial charge on any atom is 0.235 e. The van der Waals surface area contributed by atoms with Gasteiger partial charge in [0.05, 0.1) is 26.5 Å². The van der Waals surface area contributed by atoms with Gasteiger partial charge in [-0.25, -0.2) is 8.42 Å². The van der Waals surface area contributed by atoms with Gasteiger partial charge in [0, 0.05) is 18.1 Å². The van der Waals surface area contributed by atoms with Gasteiger partial charge in [-0.05, 0) is 36.2 Å². The summed E-state index contributed by atoms with van der Waals surface area (Å²) < 4.78 is 36.1. The first-order chi connectivity index (χ1) is 13.7. The molecule has 0 unspecified atom stereocenters. The van der Waals surface area contributed by atoms with E-state index in [0.717, 1.165) is 16.1 Å². The number of nitrogens with zero attached hydrogens (tertiary/aromatic N) is 1. The lowest BCUT2D eigenvalue weighted by Crippen LogP contribution is -2.39. The summed E-state index contributed by atoms with van der Waals surface area (Å²) in [4.78, 5) is 12.4. The predicted molar refractivity (Wildman–Crippen MR) is 113 cm³/mol. The van der Waals surface area contributed by atoms with Crippen molar-refractivity contribution < 1.29 is 22.7 Å². The van der Waals surface area contributed by atoms with E-state index >= 15 is 0 Å². The van der Waals surface area contributed by atoms with Gasteiger partial charge >= 0.3 is 0 Å². The molecule has 0 aromatic heterocycles. The van der Waals surface area contributed by atoms with E-state index in [1.54, 1.807) is 49.6 Å². The van der Waals surface area contributed by atoms with E-state index in [2.05, 4.69) is 5.32 Å². The molecule has 2 rings (SSSR count). The number of nitrogens with one attached hydrogen (secondary N) is 1. The van der Waals surface area contributed by atoms with Crippen LogP contribution in [0.2, 0.25) is 5.02 Å². The maximum absolute atomic E-state index is 12.4. The zero-order chi connectivity index (χ0) is 21.4. The van der Waals surface area contributed by atoms with Crippen LogP contribution in [0, 0.1) is 0 Å². The van der Waals surface area contributed by atoms with Crippen molar-refractivity contribution in [3.8, 4) is 11.5 Å². The Kier molecular flexibility index (Phi) is 8.31. The highest BCUT2D eigenvalue weighted by Gasteiger charge is 2.21. The van der Waals surface area contributed by atoms with Crippen molar-refractivity contribution in [1.82, 2.24) is 9.62 Å². The molecule has 0 saturated carbocycles. The van der Waals surface area contributed by atoms with E-state index in [1.807, 2.05) is 6.92 Å². The van der Waals surface area contributed by atoms with Gasteiger partial charge in [0.1, 0.15) is 0 Å². The number of ether oxygens (including phenoxy) is 2. The maximum atomic E-state index is 12.4. The van der Waals surface area contributed by atoms with E-state index in [-0.39, 0.29) is 19.6 Å². The number of carbonyl (C=O) groups is 1. The number of carbonyl (C=O) groups excluding carboxylic acids is 1. The first-order valence-electron chi connectivity index (χ1n) is 8.99. The van der Waals surface area contributed by atoms with Crippen LogP contribution in [0.4, 0.5) is 0 Å². The lowest BCUT2D eigenvalue weighted by Gasteiger charge is -2.20. The highest BCUT2D eigenvalue weighted by molar-refractivity contribution is 7.88. The van der Waals surface area contributed by atoms with Gasteiger partial charge in [0.25, 0.3) is 0 Å². The standard InChI is InChI=1S/C20H25ClN2O5S/c1-4-28-19-11-15(9-10-18(19)27-2)12-22-20(24)14-23(29(3,25)26)13-16-7-5-6-8-17(16)21/h5-11H,4,12-14H2,1-3H3,(H,22,24). The fraction of sp³-hybridized carbons (Fsp3) is 0.350. The van der Waals surface area contributed by atoms with Crippen LogP contribution in [-0.4, -0.2) is 45.1 Å². The number of methoxy groups -OCH3 is 1. The second-order valence-electron chi connectivity index (χ2n) is 6.32. The number of rotatable bonds is 10. The molecule has 0 spiro atoms. The van der Waals surface area contributed by atoms with Crippen molar-refractivity contribution in [2.45, 2.75) is 20.0 Å². The van der Waals surface area contributed by atoms with Crippen molar-refractivity contribution in [2.75, 3.05) is 26.5 Å². The van der Waals surface area contributed by atoms with Gasteiger partial charge in [-0.1, -0.05) is 35.9 Å². The zero-order valence-corrected chi connectivity index (χ0v) is 18.2. The molecule has 0 bridgehead atoms. The van der Waals surface area contributed by atoms with E-state index in [9.17, 15) is 13.2 Å². The second kappa shape index (κ2) is 10.5. The summed E-state index contributed by atoms with van der Waals surface area (Å²) in [7, 11) is -2.05. The van der Waals surface area contributed by atoms with Crippen molar-refractivity contribution in [1.29, 1.82) is 0 Å². The molecule has 0 aliphatic carbocycles. The Morgan fingerprint density at radius 2 is 1.90 bits per heavy atom. The minimum atomic E-state index is -3.60. The van der Waals surface area contributed by atoms with Crippen LogP contribution < -0.4 is 14.8 Å². The van der Waals surface area contributed by atoms with Crippen LogP contribution in [-0.2, 0) is 27.9 Å². The molecule has 2 aromatic rings. The summed E-state index contributed by atoms with van der Waals surface area (Å²) in [5.74, 6) is 0.763. The molecule has 0 saturated heterocycles. The van der Waals surface area contributed by atoms with Crippen molar-refractivity contribution in [2.24, 2.45) is 0 Å². The lowest BCUT2D eigenvalue weighted by atomic mass is 10.2. The number of sulfonamides is 1. The summed E-state index contributed by atoms with van der Waals surface area (Å²) in [6.45, 7) is 2.29. The van der Waals surface area contributed by atoms with Gasteiger partial charge in [-0.3, -0.25) is 4.79 Å². The topological polar surface area (TPSA) is 84.9 Å². The third-order valence-corrected chi connectivity index (χ3v) is 5.68. The number of halogens is 1. The number of amides is 1. The normalized spacial score (nSPS) is 11.3. The summed E-state index contributed by atoms with van der Waals surface area (Å²) in [5, 5.41) is 3.18. The Morgan fingerprint density at radius 1 is 1.17 bits per heavy atom. The van der Waals surface area contributed by atoms with Gasteiger partial charge in [0.15, 0.2) is 11.5 Å². The summed E-state index contributed by atoms with van der Waals surface area (Å²) in [6, 6.07) is 12.3. The number of hydrogen-bond donors (Lipinski definition) is 1. The van der Waals surface area contributed by atoms with Gasteiger partial charge in [-0.15, -0.1) is 0 Å². The largest absolute Gasteiger partial charge is 0.493 e. The van der Waals surface area contributed by atoms with Crippen LogP contribution in [0.1, 0.15) is 18.1 Å². The second-order valence-corrected chi connectivity index (χ2v) is 8.71. The molecule has 1 N–H and O–H groups in total. The van der Waals surface area contributed by atoms with Crippen LogP contribution in [0.3, 0.4) is 0 Å². The fourth-order valence-electron chi connectivity index (χ4n) is 2.62. The smallest absolute Gasteiger partial charge is 0.235 e. The molecule has 0 heterocycles. The lowest BCUT2D eigenvalue weighted by molar-refractivity contribution is -0.121. The van der Waals surface area contributed by atoms with E-state index < -0.39 is 15.9 Å². The number of benzene rings is 2. The number of hydrogen-bond acceptors (Lipinski definition) is 5. The molecule has 0 aliphatic heterocycles. The molecule has 0 fully saturated rings. The minimum absolute atomic E-state index is 0.0168. The summed E-state index contributed by atoms with van der Waals surface area (Å²) >= 11 is 6.12. The van der Waals surface area contributed by atoms with Crippen molar-refractivity contribution >= 4 is 27.5 Å². The molecular formula is C20H25ClN2O5S.